The molecule has 3 aromatic rings. The number of phenols is 1. The summed E-state index contributed by atoms with van der Waals surface area (Å²) in [5, 5.41) is 13.9. The van der Waals surface area contributed by atoms with Crippen molar-refractivity contribution >= 4 is 0 Å². The van der Waals surface area contributed by atoms with Gasteiger partial charge < -0.3 is 18.9 Å². The fraction of sp³-hybridized carbons (Fsp3) is 0.154. The number of ether oxygens (including phenoxy) is 1. The first-order chi connectivity index (χ1) is 9.70. The number of para-hydroxylation sites is 1. The Morgan fingerprint density at radius 2 is 2.20 bits per heavy atom. The molecule has 7 nitrogen and oxygen atoms in total. The number of rotatable bonds is 3. The predicted octanol–water partition coefficient (Wildman–Crippen LogP) is 1.85. The van der Waals surface area contributed by atoms with E-state index in [4.69, 9.17) is 9.26 Å². The van der Waals surface area contributed by atoms with Crippen LogP contribution in [0.5, 0.6) is 11.5 Å². The van der Waals surface area contributed by atoms with Gasteiger partial charge in [-0.2, -0.15) is 4.98 Å². The molecule has 1 aromatic carbocycles. The number of nitrogens with zero attached hydrogens (tertiary/aromatic N) is 4. The van der Waals surface area contributed by atoms with Crippen LogP contribution in [0.25, 0.3) is 23.1 Å². The average Bonchev–Trinajstić information content (AvgIpc) is 3.07. The van der Waals surface area contributed by atoms with E-state index in [2.05, 4.69) is 15.1 Å². The molecule has 0 aliphatic rings. The van der Waals surface area contributed by atoms with Crippen molar-refractivity contribution in [2.75, 3.05) is 7.11 Å². The third-order valence-corrected chi connectivity index (χ3v) is 2.90. The summed E-state index contributed by atoms with van der Waals surface area (Å²) >= 11 is 0. The molecule has 0 spiro atoms. The van der Waals surface area contributed by atoms with Gasteiger partial charge in [-0.05, 0) is 12.1 Å². The summed E-state index contributed by atoms with van der Waals surface area (Å²) in [5.74, 6) is 1.46. The molecular weight excluding hydrogens is 260 g/mol. The molecule has 2 aromatic heterocycles. The zero-order valence-electron chi connectivity index (χ0n) is 10.9. The predicted molar refractivity (Wildman–Crippen MR) is 70.2 cm³/mol. The smallest absolute Gasteiger partial charge is 0.262 e. The van der Waals surface area contributed by atoms with Crippen LogP contribution in [0.3, 0.4) is 0 Å². The Balaban J connectivity index is 2.05. The summed E-state index contributed by atoms with van der Waals surface area (Å²) in [5.41, 5.74) is 0.414. The average molecular weight is 272 g/mol. The summed E-state index contributed by atoms with van der Waals surface area (Å²) in [6.45, 7) is 0. The van der Waals surface area contributed by atoms with Crippen molar-refractivity contribution in [1.82, 2.24) is 19.7 Å². The maximum atomic E-state index is 10.1. The monoisotopic (exact) mass is 272 g/mol. The number of aromatic hydroxyl groups is 1. The van der Waals surface area contributed by atoms with Gasteiger partial charge in [-0.3, -0.25) is 0 Å². The van der Waals surface area contributed by atoms with Crippen molar-refractivity contribution < 1.29 is 14.4 Å². The Morgan fingerprint density at radius 3 is 2.90 bits per heavy atom. The third kappa shape index (κ3) is 1.89. The fourth-order valence-corrected chi connectivity index (χ4v) is 1.86. The van der Waals surface area contributed by atoms with Gasteiger partial charge in [0.25, 0.3) is 5.89 Å². The fourth-order valence-electron chi connectivity index (χ4n) is 1.86. The van der Waals surface area contributed by atoms with Crippen molar-refractivity contribution in [3.05, 3.63) is 30.6 Å². The molecule has 0 amide bonds. The SMILES string of the molecule is COc1cccc(-c2nc(-c3nccn3C)no2)c1O. The lowest BCUT2D eigenvalue weighted by molar-refractivity contribution is 0.371. The van der Waals surface area contributed by atoms with Crippen LogP contribution in [0, 0.1) is 0 Å². The molecule has 0 radical (unpaired) electrons. The van der Waals surface area contributed by atoms with E-state index in [0.29, 0.717) is 23.0 Å². The number of aromatic nitrogens is 4. The van der Waals surface area contributed by atoms with Gasteiger partial charge in [-0.25, -0.2) is 4.98 Å². The van der Waals surface area contributed by atoms with E-state index in [1.54, 1.807) is 35.2 Å². The Labute approximate surface area is 114 Å². The minimum atomic E-state index is -0.0370. The summed E-state index contributed by atoms with van der Waals surface area (Å²) in [6.07, 6.45) is 3.43. The van der Waals surface area contributed by atoms with Crippen molar-refractivity contribution in [3.63, 3.8) is 0 Å². The second-order valence-corrected chi connectivity index (χ2v) is 4.14. The van der Waals surface area contributed by atoms with E-state index in [1.807, 2.05) is 7.05 Å². The topological polar surface area (TPSA) is 86.2 Å². The molecule has 0 atom stereocenters. The van der Waals surface area contributed by atoms with E-state index in [0.717, 1.165) is 0 Å². The summed E-state index contributed by atoms with van der Waals surface area (Å²) in [6, 6.07) is 5.06. The van der Waals surface area contributed by atoms with Crippen LogP contribution in [0.1, 0.15) is 0 Å². The van der Waals surface area contributed by atoms with Crippen molar-refractivity contribution in [3.8, 4) is 34.6 Å². The zero-order valence-corrected chi connectivity index (χ0v) is 10.9. The normalized spacial score (nSPS) is 10.7. The van der Waals surface area contributed by atoms with Gasteiger partial charge in [0.2, 0.25) is 5.82 Å². The highest BCUT2D eigenvalue weighted by atomic mass is 16.5. The molecule has 3 rings (SSSR count). The molecular formula is C13H12N4O3. The van der Waals surface area contributed by atoms with E-state index >= 15 is 0 Å². The highest BCUT2D eigenvalue weighted by molar-refractivity contribution is 5.67. The first-order valence-electron chi connectivity index (χ1n) is 5.88. The molecule has 0 bridgehead atoms. The molecule has 0 fully saturated rings. The summed E-state index contributed by atoms with van der Waals surface area (Å²) < 4.78 is 12.0. The van der Waals surface area contributed by atoms with Crippen LogP contribution < -0.4 is 4.74 Å². The van der Waals surface area contributed by atoms with E-state index in [1.165, 1.54) is 7.11 Å². The lowest BCUT2D eigenvalue weighted by Gasteiger charge is -2.04. The van der Waals surface area contributed by atoms with Crippen molar-refractivity contribution in [2.45, 2.75) is 0 Å². The van der Waals surface area contributed by atoms with Gasteiger partial charge in [0.15, 0.2) is 17.3 Å². The molecule has 1 N–H and O–H groups in total. The van der Waals surface area contributed by atoms with Gasteiger partial charge in [-0.1, -0.05) is 11.2 Å². The summed E-state index contributed by atoms with van der Waals surface area (Å²) in [7, 11) is 3.31. The molecule has 7 heteroatoms. The second-order valence-electron chi connectivity index (χ2n) is 4.14. The number of methoxy groups -OCH3 is 1. The number of aryl methyl sites for hydroxylation is 1. The maximum Gasteiger partial charge on any atom is 0.262 e. The van der Waals surface area contributed by atoms with Crippen LogP contribution in [0.2, 0.25) is 0 Å². The number of hydrogen-bond donors (Lipinski definition) is 1. The van der Waals surface area contributed by atoms with Crippen LogP contribution >= 0.6 is 0 Å². The molecule has 102 valence electrons. The Morgan fingerprint density at radius 1 is 1.35 bits per heavy atom. The van der Waals surface area contributed by atoms with Crippen molar-refractivity contribution in [2.24, 2.45) is 7.05 Å². The largest absolute Gasteiger partial charge is 0.504 e. The molecule has 0 saturated carbocycles. The molecule has 0 aliphatic heterocycles. The first-order valence-corrected chi connectivity index (χ1v) is 5.88. The van der Waals surface area contributed by atoms with E-state index in [9.17, 15) is 5.11 Å². The highest BCUT2D eigenvalue weighted by Gasteiger charge is 2.18. The van der Waals surface area contributed by atoms with Gasteiger partial charge in [0.1, 0.15) is 0 Å². The minimum absolute atomic E-state index is 0.0370. The molecule has 0 saturated heterocycles. The molecule has 0 aliphatic carbocycles. The van der Waals surface area contributed by atoms with Crippen LogP contribution in [0.15, 0.2) is 35.1 Å². The molecule has 0 unspecified atom stereocenters. The molecule has 20 heavy (non-hydrogen) atoms. The van der Waals surface area contributed by atoms with E-state index < -0.39 is 0 Å². The van der Waals surface area contributed by atoms with Crippen LogP contribution in [-0.2, 0) is 7.05 Å². The number of hydrogen-bond acceptors (Lipinski definition) is 6. The van der Waals surface area contributed by atoms with Gasteiger partial charge in [-0.15, -0.1) is 0 Å². The second kappa shape index (κ2) is 4.69. The lowest BCUT2D eigenvalue weighted by Crippen LogP contribution is -1.92. The number of imidazole rings is 1. The number of phenolic OH excluding ortho intramolecular Hbond substituents is 1. The quantitative estimate of drug-likeness (QED) is 0.783. The van der Waals surface area contributed by atoms with Gasteiger partial charge in [0, 0.05) is 19.4 Å². The van der Waals surface area contributed by atoms with Crippen LogP contribution in [-0.4, -0.2) is 31.9 Å². The van der Waals surface area contributed by atoms with Crippen molar-refractivity contribution in [1.29, 1.82) is 0 Å². The third-order valence-electron chi connectivity index (χ3n) is 2.90. The first kappa shape index (κ1) is 12.2. The molecule has 2 heterocycles. The van der Waals surface area contributed by atoms with Crippen LogP contribution in [0.4, 0.5) is 0 Å². The van der Waals surface area contributed by atoms with Gasteiger partial charge in [0.05, 0.1) is 12.7 Å². The van der Waals surface area contributed by atoms with Gasteiger partial charge >= 0.3 is 0 Å². The van der Waals surface area contributed by atoms with E-state index in [-0.39, 0.29) is 11.6 Å². The zero-order chi connectivity index (χ0) is 14.1. The maximum absolute atomic E-state index is 10.1. The Kier molecular flexibility index (Phi) is 2.86. The number of benzene rings is 1. The standard InChI is InChI=1S/C13H12N4O3/c1-17-7-6-14-12(17)11-15-13(20-16-11)8-4-3-5-9(19-2)10(8)18/h3-7,18H,1-2H3. The Hall–Kier alpha value is -2.83. The Bertz CT molecular complexity index is 748. The lowest BCUT2D eigenvalue weighted by atomic mass is 10.2. The summed E-state index contributed by atoms with van der Waals surface area (Å²) in [4.78, 5) is 8.38. The minimum Gasteiger partial charge on any atom is -0.504 e. The highest BCUT2D eigenvalue weighted by Crippen LogP contribution is 2.36.